The molecule has 184 valence electrons. The zero-order valence-electron chi connectivity index (χ0n) is 19.9. The van der Waals surface area contributed by atoms with Crippen molar-refractivity contribution in [3.8, 4) is 10.6 Å². The number of anilines is 1. The van der Waals surface area contributed by atoms with E-state index in [2.05, 4.69) is 27.8 Å². The molecule has 0 saturated heterocycles. The fourth-order valence-corrected chi connectivity index (χ4v) is 4.64. The molecule has 0 aliphatic heterocycles. The Morgan fingerprint density at radius 3 is 2.44 bits per heavy atom. The summed E-state index contributed by atoms with van der Waals surface area (Å²) in [6.07, 6.45) is 3.55. The van der Waals surface area contributed by atoms with Gasteiger partial charge in [-0.05, 0) is 48.2 Å². The summed E-state index contributed by atoms with van der Waals surface area (Å²) in [6, 6.07) is 23.6. The van der Waals surface area contributed by atoms with Gasteiger partial charge in [-0.3, -0.25) is 14.9 Å². The van der Waals surface area contributed by atoms with Crippen LogP contribution in [0.5, 0.6) is 0 Å². The maximum atomic E-state index is 13.2. The minimum absolute atomic E-state index is 0.301. The molecule has 4 aromatic rings. The predicted molar refractivity (Wildman–Crippen MR) is 145 cm³/mol. The van der Waals surface area contributed by atoms with E-state index in [1.807, 2.05) is 54.6 Å². The van der Waals surface area contributed by atoms with Crippen LogP contribution in [0, 0.1) is 0 Å². The first-order valence-electron chi connectivity index (χ1n) is 11.9. The van der Waals surface area contributed by atoms with Crippen molar-refractivity contribution in [2.45, 2.75) is 38.6 Å². The number of nitrogens with one attached hydrogen (secondary N) is 2. The molecule has 2 N–H and O–H groups in total. The summed E-state index contributed by atoms with van der Waals surface area (Å²) in [6.45, 7) is 2.15. The van der Waals surface area contributed by atoms with Crippen LogP contribution >= 0.6 is 22.9 Å². The quantitative estimate of drug-likeness (QED) is 0.262. The lowest BCUT2D eigenvalue weighted by Gasteiger charge is -2.18. The maximum absolute atomic E-state index is 13.2. The lowest BCUT2D eigenvalue weighted by Crippen LogP contribution is -2.45. The first kappa shape index (κ1) is 25.5. The van der Waals surface area contributed by atoms with Gasteiger partial charge in [0.1, 0.15) is 11.0 Å². The Morgan fingerprint density at radius 2 is 1.72 bits per heavy atom. The molecule has 0 bridgehead atoms. The van der Waals surface area contributed by atoms with Crippen molar-refractivity contribution < 1.29 is 9.59 Å². The summed E-state index contributed by atoms with van der Waals surface area (Å²) >= 11 is 7.33. The minimum Gasteiger partial charge on any atom is -0.340 e. The molecule has 0 fully saturated rings. The van der Waals surface area contributed by atoms with Crippen LogP contribution in [0.2, 0.25) is 5.02 Å². The van der Waals surface area contributed by atoms with Crippen molar-refractivity contribution in [3.05, 3.63) is 101 Å². The molecule has 0 spiro atoms. The summed E-state index contributed by atoms with van der Waals surface area (Å²) in [5, 5.41) is 15.6. The number of hydrogen-bond acceptors (Lipinski definition) is 5. The topological polar surface area (TPSA) is 84.0 Å². The Morgan fingerprint density at radius 1 is 0.944 bits per heavy atom. The number of nitrogens with zero attached hydrogens (tertiary/aromatic N) is 2. The van der Waals surface area contributed by atoms with Crippen molar-refractivity contribution in [1.82, 2.24) is 15.5 Å². The standard InChI is InChI=1S/C28H27ClN4O2S/c1-2-3-8-19-13-15-21(16-14-19)25(34)30-24(17-20-9-5-4-6-10-20)26(35)31-28-33-32-27(36-28)22-11-7-12-23(29)18-22/h4-7,9-16,18,24H,2-3,8,17H2,1H3,(H,30,34)(H,31,33,35)/t24-/m0/s1. The second-order valence-corrected chi connectivity index (χ2v) is 9.84. The SMILES string of the molecule is CCCCc1ccc(C(=O)N[C@@H](Cc2ccccc2)C(=O)Nc2nnc(-c3cccc(Cl)c3)s2)cc1. The van der Waals surface area contributed by atoms with E-state index in [4.69, 9.17) is 11.6 Å². The van der Waals surface area contributed by atoms with Crippen LogP contribution in [0.25, 0.3) is 10.6 Å². The molecule has 1 atom stereocenters. The van der Waals surface area contributed by atoms with Crippen molar-refractivity contribution in [1.29, 1.82) is 0 Å². The zero-order valence-corrected chi connectivity index (χ0v) is 21.5. The highest BCUT2D eigenvalue weighted by atomic mass is 35.5. The number of aromatic nitrogens is 2. The smallest absolute Gasteiger partial charge is 0.251 e. The van der Waals surface area contributed by atoms with E-state index in [9.17, 15) is 9.59 Å². The van der Waals surface area contributed by atoms with Crippen LogP contribution in [-0.4, -0.2) is 28.1 Å². The molecule has 2 amide bonds. The first-order valence-corrected chi connectivity index (χ1v) is 13.1. The van der Waals surface area contributed by atoms with E-state index < -0.39 is 6.04 Å². The summed E-state index contributed by atoms with van der Waals surface area (Å²) in [4.78, 5) is 26.3. The molecule has 36 heavy (non-hydrogen) atoms. The van der Waals surface area contributed by atoms with Crippen molar-refractivity contribution in [2.75, 3.05) is 5.32 Å². The van der Waals surface area contributed by atoms with Crippen molar-refractivity contribution in [3.63, 3.8) is 0 Å². The van der Waals surface area contributed by atoms with Crippen molar-refractivity contribution >= 4 is 39.9 Å². The number of hydrogen-bond donors (Lipinski definition) is 2. The number of unbranched alkanes of at least 4 members (excludes halogenated alkanes) is 1. The van der Waals surface area contributed by atoms with E-state index in [0.717, 1.165) is 30.4 Å². The second-order valence-electron chi connectivity index (χ2n) is 8.43. The third-order valence-corrected chi connectivity index (χ3v) is 6.79. The van der Waals surface area contributed by atoms with Gasteiger partial charge >= 0.3 is 0 Å². The van der Waals surface area contributed by atoms with Gasteiger partial charge in [-0.2, -0.15) is 0 Å². The van der Waals surface area contributed by atoms with Gasteiger partial charge in [-0.1, -0.05) is 90.9 Å². The Hall–Kier alpha value is -3.55. The average Bonchev–Trinajstić information content (AvgIpc) is 3.36. The highest BCUT2D eigenvalue weighted by molar-refractivity contribution is 7.18. The molecule has 0 radical (unpaired) electrons. The van der Waals surface area contributed by atoms with Gasteiger partial charge < -0.3 is 5.32 Å². The fraction of sp³-hybridized carbons (Fsp3) is 0.214. The normalized spacial score (nSPS) is 11.6. The van der Waals surface area contributed by atoms with E-state index in [1.54, 1.807) is 24.3 Å². The van der Waals surface area contributed by atoms with E-state index >= 15 is 0 Å². The minimum atomic E-state index is -0.793. The number of carbonyl (C=O) groups is 2. The summed E-state index contributed by atoms with van der Waals surface area (Å²) < 4.78 is 0. The highest BCUT2D eigenvalue weighted by Gasteiger charge is 2.23. The largest absolute Gasteiger partial charge is 0.340 e. The number of benzene rings is 3. The molecular formula is C28H27ClN4O2S. The average molecular weight is 519 g/mol. The molecule has 8 heteroatoms. The van der Waals surface area contributed by atoms with Gasteiger partial charge in [-0.15, -0.1) is 10.2 Å². The van der Waals surface area contributed by atoms with Gasteiger partial charge in [0, 0.05) is 22.6 Å². The number of amides is 2. The third-order valence-electron chi connectivity index (χ3n) is 5.67. The molecule has 3 aromatic carbocycles. The number of rotatable bonds is 10. The number of carbonyl (C=O) groups excluding carboxylic acids is 2. The van der Waals surface area contributed by atoms with Gasteiger partial charge in [0.05, 0.1) is 0 Å². The second kappa shape index (κ2) is 12.4. The molecule has 1 aromatic heterocycles. The molecule has 1 heterocycles. The number of halogens is 1. The van der Waals surface area contributed by atoms with Gasteiger partial charge in [0.15, 0.2) is 0 Å². The predicted octanol–water partition coefficient (Wildman–Crippen LogP) is 6.18. The van der Waals surface area contributed by atoms with Gasteiger partial charge in [-0.25, -0.2) is 0 Å². The van der Waals surface area contributed by atoms with Gasteiger partial charge in [0.2, 0.25) is 11.0 Å². The lowest BCUT2D eigenvalue weighted by atomic mass is 10.0. The maximum Gasteiger partial charge on any atom is 0.251 e. The molecular weight excluding hydrogens is 492 g/mol. The Labute approximate surface area is 219 Å². The van der Waals surface area contributed by atoms with Crippen LogP contribution in [0.1, 0.15) is 41.3 Å². The highest BCUT2D eigenvalue weighted by Crippen LogP contribution is 2.28. The Balaban J connectivity index is 1.48. The molecule has 4 rings (SSSR count). The third kappa shape index (κ3) is 6.99. The fourth-order valence-electron chi connectivity index (χ4n) is 3.71. The van der Waals surface area contributed by atoms with Crippen LogP contribution in [0.3, 0.4) is 0 Å². The molecule has 0 unspecified atom stereocenters. The van der Waals surface area contributed by atoms with Gasteiger partial charge in [0.25, 0.3) is 5.91 Å². The van der Waals surface area contributed by atoms with Crippen LogP contribution in [0.15, 0.2) is 78.9 Å². The molecule has 6 nitrogen and oxygen atoms in total. The molecule has 0 aliphatic carbocycles. The number of aryl methyl sites for hydroxylation is 1. The molecule has 0 saturated carbocycles. The van der Waals surface area contributed by atoms with E-state index in [-0.39, 0.29) is 11.8 Å². The van der Waals surface area contributed by atoms with E-state index in [1.165, 1.54) is 16.9 Å². The Kier molecular flexibility index (Phi) is 8.81. The first-order chi connectivity index (χ1) is 17.5. The lowest BCUT2D eigenvalue weighted by molar-refractivity contribution is -0.118. The zero-order chi connectivity index (χ0) is 25.3. The van der Waals surface area contributed by atoms with E-state index in [0.29, 0.717) is 27.1 Å². The van der Waals surface area contributed by atoms with Crippen molar-refractivity contribution in [2.24, 2.45) is 0 Å². The molecule has 0 aliphatic rings. The van der Waals surface area contributed by atoms with Crippen LogP contribution in [-0.2, 0) is 17.6 Å². The summed E-state index contributed by atoms with van der Waals surface area (Å²) in [5.74, 6) is -0.662. The van der Waals surface area contributed by atoms with Crippen LogP contribution in [0.4, 0.5) is 5.13 Å². The van der Waals surface area contributed by atoms with Crippen LogP contribution < -0.4 is 10.6 Å². The Bertz CT molecular complexity index is 1310. The summed E-state index contributed by atoms with van der Waals surface area (Å²) in [5.41, 5.74) is 3.46. The summed E-state index contributed by atoms with van der Waals surface area (Å²) in [7, 11) is 0. The monoisotopic (exact) mass is 518 g/mol.